The maximum Gasteiger partial charge on any atom is 0.315 e. The van der Waals surface area contributed by atoms with Gasteiger partial charge in [-0.1, -0.05) is 29.5 Å². The van der Waals surface area contributed by atoms with Crippen LogP contribution in [-0.4, -0.2) is 29.6 Å². The van der Waals surface area contributed by atoms with Crippen LogP contribution in [0.5, 0.6) is 5.75 Å². The van der Waals surface area contributed by atoms with E-state index >= 15 is 0 Å². The fourth-order valence-corrected chi connectivity index (χ4v) is 4.91. The number of amides is 1. The van der Waals surface area contributed by atoms with Gasteiger partial charge < -0.3 is 13.7 Å². The van der Waals surface area contributed by atoms with E-state index in [-0.39, 0.29) is 11.7 Å². The van der Waals surface area contributed by atoms with E-state index in [1.807, 2.05) is 18.2 Å². The Hall–Kier alpha value is -2.51. The molecule has 2 aromatic carbocycles. The Morgan fingerprint density at radius 3 is 2.86 bits per heavy atom. The fraction of sp³-hybridized carbons (Fsp3) is 0.273. The molecule has 0 fully saturated rings. The van der Waals surface area contributed by atoms with Crippen LogP contribution in [0.15, 0.2) is 45.8 Å². The molecule has 2 heterocycles. The van der Waals surface area contributed by atoms with Crippen molar-refractivity contribution in [1.29, 1.82) is 0 Å². The second kappa shape index (κ2) is 8.08. The summed E-state index contributed by atoms with van der Waals surface area (Å²) in [6.45, 7) is 4.98. The predicted molar refractivity (Wildman–Crippen MR) is 120 cm³/mol. The number of para-hydroxylation sites is 1. The highest BCUT2D eigenvalue weighted by Crippen LogP contribution is 2.29. The molecular weight excluding hydrogens is 404 g/mol. The summed E-state index contributed by atoms with van der Waals surface area (Å²) in [4.78, 5) is 18.1. The molecule has 2 aromatic heterocycles. The second-order valence-corrected chi connectivity index (χ2v) is 8.83. The fourth-order valence-electron chi connectivity index (χ4n) is 3.44. The van der Waals surface area contributed by atoms with Crippen LogP contribution in [0.4, 0.5) is 0 Å². The van der Waals surface area contributed by atoms with Gasteiger partial charge in [-0.05, 0) is 49.4 Å². The van der Waals surface area contributed by atoms with Crippen molar-refractivity contribution in [2.75, 3.05) is 19.1 Å². The van der Waals surface area contributed by atoms with Crippen LogP contribution in [0.1, 0.15) is 21.7 Å². The quantitative estimate of drug-likeness (QED) is 0.441. The van der Waals surface area contributed by atoms with Crippen molar-refractivity contribution in [3.05, 3.63) is 58.1 Å². The lowest BCUT2D eigenvalue weighted by Gasteiger charge is -2.05. The van der Waals surface area contributed by atoms with Gasteiger partial charge in [-0.15, -0.1) is 0 Å². The molecule has 0 bridgehead atoms. The molecule has 0 atom stereocenters. The molecule has 4 rings (SSSR count). The number of rotatable bonds is 5. The van der Waals surface area contributed by atoms with Crippen LogP contribution in [0.3, 0.4) is 0 Å². The number of ether oxygens (including phenoxy) is 1. The maximum absolute atomic E-state index is 12.9. The minimum Gasteiger partial charge on any atom is -0.493 e. The van der Waals surface area contributed by atoms with Gasteiger partial charge in [0.1, 0.15) is 0 Å². The molecule has 150 valence electrons. The Kier molecular flexibility index (Phi) is 5.52. The Morgan fingerprint density at radius 2 is 2.10 bits per heavy atom. The molecule has 0 N–H and O–H groups in total. The topological polar surface area (TPSA) is 56.7 Å². The molecule has 0 aliphatic rings. The lowest BCUT2D eigenvalue weighted by Crippen LogP contribution is -2.18. The van der Waals surface area contributed by atoms with Gasteiger partial charge in [-0.25, -0.2) is 0 Å². The van der Waals surface area contributed by atoms with Crippen LogP contribution >= 0.6 is 23.1 Å². The number of aromatic nitrogens is 1. The third kappa shape index (κ3) is 3.72. The smallest absolute Gasteiger partial charge is 0.315 e. The molecule has 0 aliphatic carbocycles. The first kappa shape index (κ1) is 19.8. The molecule has 4 aromatic rings. The number of nitrogens with zero attached hydrogens (tertiary/aromatic N) is 2. The zero-order valence-corrected chi connectivity index (χ0v) is 18.4. The van der Waals surface area contributed by atoms with Gasteiger partial charge in [0.25, 0.3) is 0 Å². The number of fused-ring (bicyclic) bond motifs is 2. The van der Waals surface area contributed by atoms with Crippen LogP contribution in [0.2, 0.25) is 0 Å². The third-order valence-corrected chi connectivity index (χ3v) is 6.59. The molecule has 0 aliphatic heterocycles. The van der Waals surface area contributed by atoms with E-state index < -0.39 is 0 Å². The molecular formula is C22H22N2O3S2. The summed E-state index contributed by atoms with van der Waals surface area (Å²) in [5, 5.41) is 0.820. The zero-order chi connectivity index (χ0) is 20.5. The predicted octanol–water partition coefficient (Wildman–Crippen LogP) is 5.18. The minimum absolute atomic E-state index is 0.214. The van der Waals surface area contributed by atoms with E-state index in [1.54, 1.807) is 36.3 Å². The average molecular weight is 427 g/mol. The number of furan rings is 1. The molecule has 0 radical (unpaired) electrons. The zero-order valence-electron chi connectivity index (χ0n) is 16.8. The maximum atomic E-state index is 12.9. The Balaban J connectivity index is 1.85. The van der Waals surface area contributed by atoms with Crippen molar-refractivity contribution < 1.29 is 13.9 Å². The molecule has 0 saturated heterocycles. The lowest BCUT2D eigenvalue weighted by molar-refractivity contribution is 0.0973. The minimum atomic E-state index is -0.387. The summed E-state index contributed by atoms with van der Waals surface area (Å²) < 4.78 is 14.4. The molecule has 0 unspecified atom stereocenters. The third-order valence-electron chi connectivity index (χ3n) is 4.77. The summed E-state index contributed by atoms with van der Waals surface area (Å²) in [6.07, 6.45) is 2.08. The molecule has 0 saturated carbocycles. The first-order valence-electron chi connectivity index (χ1n) is 9.27. The Morgan fingerprint density at radius 1 is 1.28 bits per heavy atom. The van der Waals surface area contributed by atoms with Crippen molar-refractivity contribution in [2.24, 2.45) is 4.99 Å². The number of carbonyl (C=O) groups excluding carboxylic acids is 1. The number of aryl methyl sites for hydroxylation is 3. The number of methoxy groups -OCH3 is 1. The van der Waals surface area contributed by atoms with Gasteiger partial charge in [0, 0.05) is 17.7 Å². The van der Waals surface area contributed by atoms with Crippen molar-refractivity contribution in [3.8, 4) is 5.75 Å². The summed E-state index contributed by atoms with van der Waals surface area (Å²) in [5.74, 6) is 1.38. The largest absolute Gasteiger partial charge is 0.493 e. The van der Waals surface area contributed by atoms with Crippen molar-refractivity contribution in [3.63, 3.8) is 0 Å². The molecule has 0 spiro atoms. The number of thioether (sulfide) groups is 1. The summed E-state index contributed by atoms with van der Waals surface area (Å²) in [5.41, 5.74) is 4.09. The highest BCUT2D eigenvalue weighted by Gasteiger charge is 2.16. The van der Waals surface area contributed by atoms with Gasteiger partial charge in [0.15, 0.2) is 21.9 Å². The van der Waals surface area contributed by atoms with Gasteiger partial charge in [0.2, 0.25) is 0 Å². The van der Waals surface area contributed by atoms with Gasteiger partial charge in [-0.3, -0.25) is 4.79 Å². The van der Waals surface area contributed by atoms with Crippen LogP contribution < -0.4 is 9.54 Å². The highest BCUT2D eigenvalue weighted by atomic mass is 32.2. The summed E-state index contributed by atoms with van der Waals surface area (Å²) >= 11 is 3.32. The molecule has 5 nitrogen and oxygen atoms in total. The van der Waals surface area contributed by atoms with Crippen LogP contribution in [0, 0.1) is 13.8 Å². The number of thiazole rings is 1. The highest BCUT2D eigenvalue weighted by molar-refractivity contribution is 7.98. The van der Waals surface area contributed by atoms with E-state index in [1.165, 1.54) is 11.1 Å². The molecule has 7 heteroatoms. The van der Waals surface area contributed by atoms with Crippen molar-refractivity contribution >= 4 is 50.2 Å². The normalized spacial score (nSPS) is 12.2. The monoisotopic (exact) mass is 426 g/mol. The number of benzene rings is 2. The van der Waals surface area contributed by atoms with E-state index in [9.17, 15) is 4.79 Å². The van der Waals surface area contributed by atoms with Crippen LogP contribution in [0.25, 0.3) is 21.2 Å². The summed E-state index contributed by atoms with van der Waals surface area (Å²) in [7, 11) is 1.58. The average Bonchev–Trinajstić information content (AvgIpc) is 3.28. The van der Waals surface area contributed by atoms with Crippen molar-refractivity contribution in [1.82, 2.24) is 4.57 Å². The molecule has 1 amide bonds. The first-order chi connectivity index (χ1) is 14.0. The number of carbonyl (C=O) groups is 1. The standard InChI is InChI=1S/C22H22N2O3S2/c1-13-10-14(2)20-16(11-13)24(8-9-28-4)22(29-20)23-21(25)18-12-15-6-5-7-17(26-3)19(15)27-18/h5-7,10-12H,8-9H2,1-4H3. The van der Waals surface area contributed by atoms with E-state index in [0.29, 0.717) is 16.1 Å². The van der Waals surface area contributed by atoms with Crippen LogP contribution in [-0.2, 0) is 6.54 Å². The lowest BCUT2D eigenvalue weighted by atomic mass is 10.1. The van der Waals surface area contributed by atoms with E-state index in [2.05, 4.69) is 41.8 Å². The van der Waals surface area contributed by atoms with Gasteiger partial charge in [0.05, 0.1) is 17.3 Å². The second-order valence-electron chi connectivity index (χ2n) is 6.87. The van der Waals surface area contributed by atoms with Gasteiger partial charge >= 0.3 is 5.91 Å². The van der Waals surface area contributed by atoms with E-state index in [4.69, 9.17) is 9.15 Å². The molecule has 29 heavy (non-hydrogen) atoms. The van der Waals surface area contributed by atoms with Gasteiger partial charge in [-0.2, -0.15) is 16.8 Å². The first-order valence-corrected chi connectivity index (χ1v) is 11.5. The summed E-state index contributed by atoms with van der Waals surface area (Å²) in [6, 6.07) is 11.6. The Bertz CT molecular complexity index is 1280. The Labute approximate surface area is 177 Å². The SMILES string of the molecule is COc1cccc2cc(C(=O)N=c3sc4c(C)cc(C)cc4n3CCSC)oc12. The van der Waals surface area contributed by atoms with Crippen molar-refractivity contribution in [2.45, 2.75) is 20.4 Å². The number of hydrogen-bond acceptors (Lipinski definition) is 5. The number of hydrogen-bond donors (Lipinski definition) is 0. The van der Waals surface area contributed by atoms with E-state index in [0.717, 1.165) is 27.9 Å².